The molecule has 29 heavy (non-hydrogen) atoms. The number of hydrogen-bond donors (Lipinski definition) is 1. The van der Waals surface area contributed by atoms with Gasteiger partial charge >= 0.3 is 11.9 Å². The molecule has 0 radical (unpaired) electrons. The van der Waals surface area contributed by atoms with Crippen LogP contribution in [0.4, 0.5) is 0 Å². The van der Waals surface area contributed by atoms with Crippen molar-refractivity contribution in [1.82, 2.24) is 0 Å². The minimum Gasteiger partial charge on any atom is -0.478 e. The molecular formula is C25H40O4. The number of hydrogen-bond acceptors (Lipinski definition) is 3. The molecule has 164 valence electrons. The first-order chi connectivity index (χ1) is 14.0. The first-order valence-corrected chi connectivity index (χ1v) is 11.6. The first-order valence-electron chi connectivity index (χ1n) is 11.6. The maximum absolute atomic E-state index is 12.0. The number of benzene rings is 1. The Kier molecular flexibility index (Phi) is 13.9. The summed E-state index contributed by atoms with van der Waals surface area (Å²) in [6, 6.07) is 6.47. The highest BCUT2D eigenvalue weighted by Gasteiger charge is 2.12. The zero-order valence-electron chi connectivity index (χ0n) is 18.5. The Labute approximate surface area is 177 Å². The lowest BCUT2D eigenvalue weighted by molar-refractivity contribution is -0.148. The molecule has 0 amide bonds. The van der Waals surface area contributed by atoms with E-state index >= 15 is 0 Å². The van der Waals surface area contributed by atoms with E-state index in [1.165, 1.54) is 82.8 Å². The maximum atomic E-state index is 12.0. The summed E-state index contributed by atoms with van der Waals surface area (Å²) in [5.74, 6) is -1.13. The largest absolute Gasteiger partial charge is 0.478 e. The Balaban J connectivity index is 1.99. The van der Waals surface area contributed by atoms with Crippen LogP contribution in [0.1, 0.15) is 126 Å². The molecule has 0 spiro atoms. The fourth-order valence-electron chi connectivity index (χ4n) is 3.51. The molecule has 1 unspecified atom stereocenters. The van der Waals surface area contributed by atoms with Gasteiger partial charge < -0.3 is 9.84 Å². The zero-order valence-corrected chi connectivity index (χ0v) is 18.5. The predicted octanol–water partition coefficient (Wildman–Crippen LogP) is 7.47. The van der Waals surface area contributed by atoms with E-state index in [4.69, 9.17) is 9.84 Å². The van der Waals surface area contributed by atoms with E-state index in [1.54, 1.807) is 12.1 Å². The van der Waals surface area contributed by atoms with Crippen LogP contribution in [0.5, 0.6) is 0 Å². The second-order valence-corrected chi connectivity index (χ2v) is 8.05. The molecule has 0 bridgehead atoms. The summed E-state index contributed by atoms with van der Waals surface area (Å²) in [6.07, 6.45) is 16.8. The van der Waals surface area contributed by atoms with E-state index in [0.717, 1.165) is 18.4 Å². The van der Waals surface area contributed by atoms with Gasteiger partial charge in [0.05, 0.1) is 5.56 Å². The number of carboxylic acids is 1. The van der Waals surface area contributed by atoms with Crippen molar-refractivity contribution in [1.29, 1.82) is 0 Å². The summed E-state index contributed by atoms with van der Waals surface area (Å²) in [4.78, 5) is 22.9. The van der Waals surface area contributed by atoms with Crippen molar-refractivity contribution in [3.05, 3.63) is 35.4 Å². The van der Waals surface area contributed by atoms with Gasteiger partial charge in [-0.3, -0.25) is 4.79 Å². The van der Waals surface area contributed by atoms with Crippen LogP contribution in [0, 0.1) is 0 Å². The van der Waals surface area contributed by atoms with Crippen molar-refractivity contribution in [2.24, 2.45) is 0 Å². The lowest BCUT2D eigenvalue weighted by Crippen LogP contribution is -2.09. The summed E-state index contributed by atoms with van der Waals surface area (Å²) < 4.78 is 5.46. The highest BCUT2D eigenvalue weighted by molar-refractivity contribution is 5.87. The molecule has 1 N–H and O–H groups in total. The Morgan fingerprint density at radius 3 is 1.69 bits per heavy atom. The molecule has 4 nitrogen and oxygen atoms in total. The van der Waals surface area contributed by atoms with Crippen molar-refractivity contribution in [2.75, 3.05) is 0 Å². The van der Waals surface area contributed by atoms with Gasteiger partial charge in [-0.15, -0.1) is 0 Å². The molecule has 0 aliphatic heterocycles. The van der Waals surface area contributed by atoms with Gasteiger partial charge in [0, 0.05) is 6.42 Å². The summed E-state index contributed by atoms with van der Waals surface area (Å²) in [6.45, 7) is 4.07. The quantitative estimate of drug-likeness (QED) is 0.216. The predicted molar refractivity (Wildman–Crippen MR) is 118 cm³/mol. The molecule has 0 saturated carbocycles. The molecule has 1 atom stereocenters. The third kappa shape index (κ3) is 12.4. The van der Waals surface area contributed by atoms with Gasteiger partial charge in [-0.2, -0.15) is 0 Å². The van der Waals surface area contributed by atoms with Gasteiger partial charge in [0.25, 0.3) is 0 Å². The molecule has 0 aliphatic rings. The number of carboxylic acid groups (broad SMARTS) is 1. The third-order valence-corrected chi connectivity index (χ3v) is 5.42. The number of carbonyl (C=O) groups is 2. The SMILES string of the molecule is CCCCCCCCCCCCCCCC(=O)OC(C)c1ccc(C(=O)O)cc1. The summed E-state index contributed by atoms with van der Waals surface area (Å²) in [5.41, 5.74) is 1.05. The highest BCUT2D eigenvalue weighted by atomic mass is 16.5. The lowest BCUT2D eigenvalue weighted by Gasteiger charge is -2.14. The van der Waals surface area contributed by atoms with Crippen LogP contribution >= 0.6 is 0 Å². The van der Waals surface area contributed by atoms with Gasteiger partial charge in [0.15, 0.2) is 0 Å². The van der Waals surface area contributed by atoms with E-state index in [2.05, 4.69) is 6.92 Å². The second-order valence-electron chi connectivity index (χ2n) is 8.05. The van der Waals surface area contributed by atoms with Gasteiger partial charge in [0.1, 0.15) is 6.10 Å². The Morgan fingerprint density at radius 2 is 1.24 bits per heavy atom. The molecule has 0 aliphatic carbocycles. The summed E-state index contributed by atoms with van der Waals surface area (Å²) in [5, 5.41) is 8.92. The van der Waals surface area contributed by atoms with Crippen molar-refractivity contribution < 1.29 is 19.4 Å². The van der Waals surface area contributed by atoms with E-state index in [0.29, 0.717) is 6.42 Å². The van der Waals surface area contributed by atoms with E-state index < -0.39 is 5.97 Å². The van der Waals surface area contributed by atoms with Gasteiger partial charge in [-0.05, 0) is 31.0 Å². The second kappa shape index (κ2) is 16.0. The maximum Gasteiger partial charge on any atom is 0.335 e. The minimum atomic E-state index is -0.955. The molecule has 0 aromatic heterocycles. The van der Waals surface area contributed by atoms with E-state index in [9.17, 15) is 9.59 Å². The molecule has 1 aromatic rings. The third-order valence-electron chi connectivity index (χ3n) is 5.42. The highest BCUT2D eigenvalue weighted by Crippen LogP contribution is 2.19. The molecule has 0 heterocycles. The van der Waals surface area contributed by atoms with Crippen LogP contribution in [0.25, 0.3) is 0 Å². The first kappa shape index (κ1) is 25.2. The van der Waals surface area contributed by atoms with Crippen LogP contribution in [0.3, 0.4) is 0 Å². The van der Waals surface area contributed by atoms with Crippen molar-refractivity contribution in [2.45, 2.75) is 110 Å². The number of unbranched alkanes of at least 4 members (excludes halogenated alkanes) is 12. The number of carbonyl (C=O) groups excluding carboxylic acids is 1. The number of rotatable bonds is 17. The molecule has 0 fully saturated rings. The number of ether oxygens (including phenoxy) is 1. The average molecular weight is 405 g/mol. The topological polar surface area (TPSA) is 63.6 Å². The van der Waals surface area contributed by atoms with Crippen LogP contribution in [-0.2, 0) is 9.53 Å². The van der Waals surface area contributed by atoms with Crippen molar-refractivity contribution >= 4 is 11.9 Å². The molecule has 1 rings (SSSR count). The van der Waals surface area contributed by atoms with Gasteiger partial charge in [0.2, 0.25) is 0 Å². The van der Waals surface area contributed by atoms with Crippen LogP contribution in [0.15, 0.2) is 24.3 Å². The fraction of sp³-hybridized carbons (Fsp3) is 0.680. The standard InChI is InChI=1S/C25H40O4/c1-3-4-5-6-7-8-9-10-11-12-13-14-15-16-24(26)29-21(2)22-17-19-23(20-18-22)25(27)28/h17-21H,3-16H2,1-2H3,(H,27,28). The van der Waals surface area contributed by atoms with E-state index in [-0.39, 0.29) is 17.6 Å². The molecule has 0 saturated heterocycles. The van der Waals surface area contributed by atoms with Crippen molar-refractivity contribution in [3.63, 3.8) is 0 Å². The van der Waals surface area contributed by atoms with Crippen LogP contribution < -0.4 is 0 Å². The van der Waals surface area contributed by atoms with Gasteiger partial charge in [-0.25, -0.2) is 4.79 Å². The molecule has 4 heteroatoms. The Bertz CT molecular complexity index is 565. The number of esters is 1. The monoisotopic (exact) mass is 404 g/mol. The average Bonchev–Trinajstić information content (AvgIpc) is 2.71. The normalized spacial score (nSPS) is 11.9. The minimum absolute atomic E-state index is 0.178. The zero-order chi connectivity index (χ0) is 21.3. The molecule has 1 aromatic carbocycles. The Morgan fingerprint density at radius 1 is 0.793 bits per heavy atom. The van der Waals surface area contributed by atoms with Crippen LogP contribution in [-0.4, -0.2) is 17.0 Å². The summed E-state index contributed by atoms with van der Waals surface area (Å²) in [7, 11) is 0. The van der Waals surface area contributed by atoms with E-state index in [1.807, 2.05) is 6.92 Å². The van der Waals surface area contributed by atoms with Crippen molar-refractivity contribution in [3.8, 4) is 0 Å². The van der Waals surface area contributed by atoms with Gasteiger partial charge in [-0.1, -0.05) is 96.1 Å². The number of aromatic carboxylic acids is 1. The summed E-state index contributed by atoms with van der Waals surface area (Å²) >= 11 is 0. The Hall–Kier alpha value is -1.84. The van der Waals surface area contributed by atoms with Crippen LogP contribution in [0.2, 0.25) is 0 Å². The molecular weight excluding hydrogens is 364 g/mol. The lowest BCUT2D eigenvalue weighted by atomic mass is 10.0. The fourth-order valence-corrected chi connectivity index (χ4v) is 3.51. The smallest absolute Gasteiger partial charge is 0.335 e.